The summed E-state index contributed by atoms with van der Waals surface area (Å²) >= 11 is 0. The van der Waals surface area contributed by atoms with Crippen molar-refractivity contribution in [3.8, 4) is 28.3 Å². The molecule has 0 saturated heterocycles. The van der Waals surface area contributed by atoms with Crippen molar-refractivity contribution in [2.45, 2.75) is 26.2 Å². The van der Waals surface area contributed by atoms with Gasteiger partial charge in [0.15, 0.2) is 5.65 Å². The van der Waals surface area contributed by atoms with E-state index in [9.17, 15) is 4.39 Å². The van der Waals surface area contributed by atoms with Crippen LogP contribution in [0.3, 0.4) is 0 Å². The largest absolute Gasteiger partial charge is 0.500 e. The first kappa shape index (κ1) is 31.0. The molecule has 0 aliphatic rings. The van der Waals surface area contributed by atoms with E-state index in [4.69, 9.17) is 9.40 Å². The Kier molecular flexibility index (Phi) is 8.63. The van der Waals surface area contributed by atoms with E-state index in [1.165, 1.54) is 6.07 Å². The van der Waals surface area contributed by atoms with E-state index in [1.54, 1.807) is 12.4 Å². The van der Waals surface area contributed by atoms with Gasteiger partial charge in [0, 0.05) is 49.4 Å². The molecule has 5 nitrogen and oxygen atoms in total. The molecule has 229 valence electrons. The summed E-state index contributed by atoms with van der Waals surface area (Å²) in [7, 11) is 0. The van der Waals surface area contributed by atoms with Gasteiger partial charge in [0.25, 0.3) is 0 Å². The Bertz CT molecular complexity index is 2220. The van der Waals surface area contributed by atoms with Crippen LogP contribution in [-0.2, 0) is 25.5 Å². The second-order valence-electron chi connectivity index (χ2n) is 11.7. The van der Waals surface area contributed by atoms with Gasteiger partial charge < -0.3 is 14.0 Å². The third kappa shape index (κ3) is 5.76. The molecule has 4 heterocycles. The van der Waals surface area contributed by atoms with Crippen LogP contribution in [0.15, 0.2) is 126 Å². The minimum Gasteiger partial charge on any atom is -0.500 e. The van der Waals surface area contributed by atoms with Crippen molar-refractivity contribution in [3.05, 3.63) is 145 Å². The van der Waals surface area contributed by atoms with Gasteiger partial charge in [-0.2, -0.15) is 0 Å². The number of rotatable bonds is 3. The Morgan fingerprint density at radius 1 is 0.783 bits per heavy atom. The molecule has 1 radical (unpaired) electrons. The van der Waals surface area contributed by atoms with Gasteiger partial charge in [-0.25, -0.2) is 4.98 Å². The second-order valence-corrected chi connectivity index (χ2v) is 11.7. The normalized spacial score (nSPS) is 11.3. The molecule has 8 rings (SSSR count). The van der Waals surface area contributed by atoms with Gasteiger partial charge in [-0.05, 0) is 52.4 Å². The number of hydrogen-bond donors (Lipinski definition) is 0. The molecular weight excluding hydrogens is 752 g/mol. The van der Waals surface area contributed by atoms with Gasteiger partial charge in [0.1, 0.15) is 5.58 Å². The molecule has 0 aliphatic heterocycles. The molecule has 0 N–H and O–H groups in total. The fourth-order valence-corrected chi connectivity index (χ4v) is 5.58. The Morgan fingerprint density at radius 3 is 2.28 bits per heavy atom. The number of nitrogens with zero attached hydrogens (tertiary/aromatic N) is 4. The van der Waals surface area contributed by atoms with Crippen LogP contribution in [0.5, 0.6) is 0 Å². The predicted molar refractivity (Wildman–Crippen MR) is 178 cm³/mol. The molecule has 0 saturated carbocycles. The van der Waals surface area contributed by atoms with Crippen molar-refractivity contribution in [1.29, 1.82) is 0 Å². The average molecular weight is 781 g/mol. The molecule has 8 aromatic rings. The van der Waals surface area contributed by atoms with E-state index in [-0.39, 0.29) is 31.3 Å². The summed E-state index contributed by atoms with van der Waals surface area (Å²) in [5, 5.41) is 1.17. The van der Waals surface area contributed by atoms with Gasteiger partial charge in [-0.1, -0.05) is 74.9 Å². The van der Waals surface area contributed by atoms with Gasteiger partial charge in [0.05, 0.1) is 16.9 Å². The van der Waals surface area contributed by atoms with Gasteiger partial charge >= 0.3 is 0 Å². The molecule has 0 spiro atoms. The van der Waals surface area contributed by atoms with E-state index in [0.29, 0.717) is 33.6 Å². The molecule has 4 aromatic carbocycles. The van der Waals surface area contributed by atoms with Crippen LogP contribution < -0.4 is 0 Å². The maximum Gasteiger partial charge on any atom is 0.168 e. The van der Waals surface area contributed by atoms with Crippen LogP contribution >= 0.6 is 0 Å². The third-order valence-corrected chi connectivity index (χ3v) is 7.65. The average Bonchev–Trinajstić information content (AvgIpc) is 3.66. The topological polar surface area (TPSA) is 56.7 Å². The molecule has 7 heteroatoms. The molecule has 4 aromatic heterocycles. The van der Waals surface area contributed by atoms with Crippen LogP contribution in [0.4, 0.5) is 4.39 Å². The first-order valence-corrected chi connectivity index (χ1v) is 14.7. The van der Waals surface area contributed by atoms with Crippen molar-refractivity contribution in [3.63, 3.8) is 0 Å². The molecule has 0 atom stereocenters. The maximum atomic E-state index is 15.0. The first-order valence-electron chi connectivity index (χ1n) is 14.7. The summed E-state index contributed by atoms with van der Waals surface area (Å²) in [6.45, 7) is 6.52. The van der Waals surface area contributed by atoms with Crippen LogP contribution in [0.1, 0.15) is 26.3 Å². The molecule has 0 bridgehead atoms. The van der Waals surface area contributed by atoms with Crippen molar-refractivity contribution >= 4 is 33.1 Å². The van der Waals surface area contributed by atoms with E-state index >= 15 is 0 Å². The molecule has 46 heavy (non-hydrogen) atoms. The van der Waals surface area contributed by atoms with E-state index in [2.05, 4.69) is 47.4 Å². The van der Waals surface area contributed by atoms with Gasteiger partial charge in [-0.3, -0.25) is 9.37 Å². The van der Waals surface area contributed by atoms with Gasteiger partial charge in [-0.15, -0.1) is 48.0 Å². The first-order chi connectivity index (χ1) is 21.9. The van der Waals surface area contributed by atoms with Crippen LogP contribution in [0, 0.1) is 17.9 Å². The Labute approximate surface area is 280 Å². The zero-order valence-electron chi connectivity index (χ0n) is 25.5. The van der Waals surface area contributed by atoms with Crippen molar-refractivity contribution < 1.29 is 28.9 Å². The quantitative estimate of drug-likeness (QED) is 0.168. The number of aromatic nitrogens is 4. The number of para-hydroxylation sites is 2. The second kappa shape index (κ2) is 12.8. The van der Waals surface area contributed by atoms with Crippen LogP contribution in [0.2, 0.25) is 0 Å². The molecule has 0 fully saturated rings. The Balaban J connectivity index is 0.000000241. The number of hydrogen-bond acceptors (Lipinski definition) is 4. The summed E-state index contributed by atoms with van der Waals surface area (Å²) in [6.07, 6.45) is 3.58. The van der Waals surface area contributed by atoms with E-state index in [1.807, 2.05) is 103 Å². The summed E-state index contributed by atoms with van der Waals surface area (Å²) in [5.74, 6) is 0.249. The van der Waals surface area contributed by atoms with Gasteiger partial charge in [0.2, 0.25) is 0 Å². The van der Waals surface area contributed by atoms with E-state index < -0.39 is 0 Å². The van der Waals surface area contributed by atoms with E-state index in [0.717, 1.165) is 33.4 Å². The minimum atomic E-state index is -0.366. The Hall–Kier alpha value is -4.97. The summed E-state index contributed by atoms with van der Waals surface area (Å²) in [5.41, 5.74) is 7.15. The zero-order valence-corrected chi connectivity index (χ0v) is 27.9. The van der Waals surface area contributed by atoms with Crippen molar-refractivity contribution in [1.82, 2.24) is 19.5 Å². The number of imidazole rings is 1. The summed E-state index contributed by atoms with van der Waals surface area (Å²) < 4.78 is 23.2. The van der Waals surface area contributed by atoms with Crippen molar-refractivity contribution in [2.75, 3.05) is 0 Å². The standard InChI is InChI=1S/C28H21FN3O.C11H8N.Ir/c1-28(2,3)20-15-16-30-26-24(20)32(17-9-5-4-6-10-17)27(31-26)19-13-14-21(29)23-18-11-7-8-12-22(18)33-25(19)23;1-2-6-10(7-3-1)11-8-4-5-9-12-11;/h4-12,14-16H,1-3H3;1-6,8-9H;/q2*-1;. The number of fused-ring (bicyclic) bond motifs is 4. The number of furan rings is 1. The van der Waals surface area contributed by atoms with Crippen LogP contribution in [-0.4, -0.2) is 19.5 Å². The molecule has 0 unspecified atom stereocenters. The molecule has 0 aliphatic carbocycles. The smallest absolute Gasteiger partial charge is 0.168 e. The predicted octanol–water partition coefficient (Wildman–Crippen LogP) is 9.77. The number of benzene rings is 4. The molecular formula is C39H29FIrN4O-2. The SMILES string of the molecule is CC(C)(C)c1ccnc2nc(-c3[c-]cc(F)c4c3oc3ccccc34)n(-c3ccccc3)c12.[Ir].[c-]1ccccc1-c1ccccn1. The maximum absolute atomic E-state index is 15.0. The van der Waals surface area contributed by atoms with Crippen LogP contribution in [0.25, 0.3) is 61.4 Å². The fraction of sp³-hybridized carbons (Fsp3) is 0.103. The minimum absolute atomic E-state index is 0. The fourth-order valence-electron chi connectivity index (χ4n) is 5.58. The Morgan fingerprint density at radius 2 is 1.54 bits per heavy atom. The third-order valence-electron chi connectivity index (χ3n) is 7.65. The van der Waals surface area contributed by atoms with Crippen molar-refractivity contribution in [2.24, 2.45) is 0 Å². The molecule has 0 amide bonds. The summed E-state index contributed by atoms with van der Waals surface area (Å²) in [4.78, 5) is 13.7. The number of halogens is 1. The zero-order chi connectivity index (χ0) is 31.0. The number of pyridine rings is 2. The summed E-state index contributed by atoms with van der Waals surface area (Å²) in [6, 6.07) is 40.8. The monoisotopic (exact) mass is 781 g/mol.